The minimum absolute atomic E-state index is 0.675. The van der Waals surface area contributed by atoms with E-state index in [-0.39, 0.29) is 0 Å². The Morgan fingerprint density at radius 2 is 2.36 bits per heavy atom. The van der Waals surface area contributed by atoms with Crippen LogP contribution in [0.4, 0.5) is 0 Å². The zero-order chi connectivity index (χ0) is 10.2. The Labute approximate surface area is 91.5 Å². The van der Waals surface area contributed by atoms with E-state index < -0.39 is 0 Å². The topological polar surface area (TPSA) is 12.0 Å². The lowest BCUT2D eigenvalue weighted by Gasteiger charge is -2.12. The Hall–Kier alpha value is -0.340. The van der Waals surface area contributed by atoms with Gasteiger partial charge in [0.15, 0.2) is 0 Å². The third-order valence-corrected chi connectivity index (χ3v) is 3.21. The monoisotopic (exact) mass is 211 g/mol. The van der Waals surface area contributed by atoms with Crippen molar-refractivity contribution in [2.24, 2.45) is 0 Å². The lowest BCUT2D eigenvalue weighted by molar-refractivity contribution is 0.498. The van der Waals surface area contributed by atoms with E-state index in [9.17, 15) is 0 Å². The first-order valence-electron chi connectivity index (χ1n) is 5.57. The van der Waals surface area contributed by atoms with Crippen LogP contribution in [-0.4, -0.2) is 12.6 Å². The van der Waals surface area contributed by atoms with Crippen LogP contribution < -0.4 is 5.32 Å². The second-order valence-electron chi connectivity index (χ2n) is 3.88. The van der Waals surface area contributed by atoms with Crippen molar-refractivity contribution in [2.75, 3.05) is 6.54 Å². The molecule has 0 saturated heterocycles. The summed E-state index contributed by atoms with van der Waals surface area (Å²) in [6, 6.07) is 2.89. The Kier molecular flexibility index (Phi) is 5.88. The largest absolute Gasteiger partial charge is 0.314 e. The first kappa shape index (κ1) is 11.7. The number of nitrogens with one attached hydrogen (secondary N) is 1. The van der Waals surface area contributed by atoms with Crippen LogP contribution in [-0.2, 0) is 6.42 Å². The standard InChI is InChI=1S/C12H21NS/c1-3-4-5-11(2)13-8-6-12-7-9-14-10-12/h7,9-11,13H,3-6,8H2,1-2H3. The molecule has 2 heteroatoms. The van der Waals surface area contributed by atoms with Gasteiger partial charge in [-0.1, -0.05) is 19.8 Å². The maximum absolute atomic E-state index is 3.56. The molecule has 1 atom stereocenters. The summed E-state index contributed by atoms with van der Waals surface area (Å²) in [5.74, 6) is 0. The molecular weight excluding hydrogens is 190 g/mol. The normalized spacial score (nSPS) is 13.0. The summed E-state index contributed by atoms with van der Waals surface area (Å²) in [4.78, 5) is 0. The van der Waals surface area contributed by atoms with E-state index in [1.54, 1.807) is 11.3 Å². The first-order valence-corrected chi connectivity index (χ1v) is 6.51. The van der Waals surface area contributed by atoms with Crippen molar-refractivity contribution in [1.82, 2.24) is 5.32 Å². The second-order valence-corrected chi connectivity index (χ2v) is 4.66. The molecule has 1 aromatic rings. The maximum Gasteiger partial charge on any atom is 0.00388 e. The van der Waals surface area contributed by atoms with Gasteiger partial charge >= 0.3 is 0 Å². The quantitative estimate of drug-likeness (QED) is 0.728. The van der Waals surface area contributed by atoms with E-state index in [2.05, 4.69) is 36.0 Å². The van der Waals surface area contributed by atoms with Crippen LogP contribution in [0.15, 0.2) is 16.8 Å². The Morgan fingerprint density at radius 1 is 1.50 bits per heavy atom. The van der Waals surface area contributed by atoms with Gasteiger partial charge in [0.05, 0.1) is 0 Å². The molecular formula is C12H21NS. The molecule has 1 nitrogen and oxygen atoms in total. The highest BCUT2D eigenvalue weighted by Crippen LogP contribution is 2.06. The minimum Gasteiger partial charge on any atom is -0.314 e. The van der Waals surface area contributed by atoms with Crippen molar-refractivity contribution in [1.29, 1.82) is 0 Å². The zero-order valence-electron chi connectivity index (χ0n) is 9.25. The molecule has 0 aromatic carbocycles. The summed E-state index contributed by atoms with van der Waals surface area (Å²) in [5, 5.41) is 7.94. The molecule has 0 radical (unpaired) electrons. The molecule has 14 heavy (non-hydrogen) atoms. The Balaban J connectivity index is 2.03. The van der Waals surface area contributed by atoms with Crippen LogP contribution in [0.25, 0.3) is 0 Å². The molecule has 1 aromatic heterocycles. The molecule has 0 aliphatic carbocycles. The van der Waals surface area contributed by atoms with Crippen molar-refractivity contribution in [3.05, 3.63) is 22.4 Å². The van der Waals surface area contributed by atoms with Gasteiger partial charge in [0.2, 0.25) is 0 Å². The summed E-state index contributed by atoms with van der Waals surface area (Å²) < 4.78 is 0. The van der Waals surface area contributed by atoms with Gasteiger partial charge in [-0.2, -0.15) is 11.3 Å². The molecule has 0 aliphatic rings. The molecule has 1 heterocycles. The van der Waals surface area contributed by atoms with E-state index in [1.165, 1.54) is 31.2 Å². The fourth-order valence-electron chi connectivity index (χ4n) is 1.51. The lowest BCUT2D eigenvalue weighted by Crippen LogP contribution is -2.27. The van der Waals surface area contributed by atoms with Crippen LogP contribution in [0.2, 0.25) is 0 Å². The first-order chi connectivity index (χ1) is 6.83. The summed E-state index contributed by atoms with van der Waals surface area (Å²) in [7, 11) is 0. The number of unbranched alkanes of at least 4 members (excludes halogenated alkanes) is 1. The van der Waals surface area contributed by atoms with Gasteiger partial charge in [-0.25, -0.2) is 0 Å². The predicted molar refractivity (Wildman–Crippen MR) is 65.0 cm³/mol. The summed E-state index contributed by atoms with van der Waals surface area (Å²) in [6.45, 7) is 5.64. The maximum atomic E-state index is 3.56. The number of hydrogen-bond acceptors (Lipinski definition) is 2. The summed E-state index contributed by atoms with van der Waals surface area (Å²) >= 11 is 1.78. The van der Waals surface area contributed by atoms with Crippen molar-refractivity contribution in [2.45, 2.75) is 45.6 Å². The third kappa shape index (κ3) is 4.77. The van der Waals surface area contributed by atoms with Crippen LogP contribution in [0.5, 0.6) is 0 Å². The molecule has 1 rings (SSSR count). The minimum atomic E-state index is 0.675. The fraction of sp³-hybridized carbons (Fsp3) is 0.667. The molecule has 0 amide bonds. The highest BCUT2D eigenvalue weighted by atomic mass is 32.1. The van der Waals surface area contributed by atoms with Crippen LogP contribution >= 0.6 is 11.3 Å². The Morgan fingerprint density at radius 3 is 3.00 bits per heavy atom. The Bertz CT molecular complexity index is 218. The van der Waals surface area contributed by atoms with Crippen LogP contribution in [0, 0.1) is 0 Å². The van der Waals surface area contributed by atoms with Crippen LogP contribution in [0.3, 0.4) is 0 Å². The molecule has 1 unspecified atom stereocenters. The molecule has 0 bridgehead atoms. The summed E-state index contributed by atoms with van der Waals surface area (Å²) in [6.07, 6.45) is 5.11. The van der Waals surface area contributed by atoms with Crippen LogP contribution in [0.1, 0.15) is 38.7 Å². The van der Waals surface area contributed by atoms with Crippen molar-refractivity contribution in [3.8, 4) is 0 Å². The van der Waals surface area contributed by atoms with Gasteiger partial charge in [0, 0.05) is 6.04 Å². The lowest BCUT2D eigenvalue weighted by atomic mass is 10.1. The van der Waals surface area contributed by atoms with Gasteiger partial charge in [0.25, 0.3) is 0 Å². The predicted octanol–water partition coefficient (Wildman–Crippen LogP) is 3.46. The number of thiophene rings is 1. The molecule has 0 spiro atoms. The van der Waals surface area contributed by atoms with E-state index in [0.29, 0.717) is 6.04 Å². The third-order valence-electron chi connectivity index (χ3n) is 2.48. The van der Waals surface area contributed by atoms with E-state index in [1.807, 2.05) is 0 Å². The van der Waals surface area contributed by atoms with E-state index in [4.69, 9.17) is 0 Å². The van der Waals surface area contributed by atoms with Crippen molar-refractivity contribution >= 4 is 11.3 Å². The molecule has 1 N–H and O–H groups in total. The van der Waals surface area contributed by atoms with Gasteiger partial charge in [-0.3, -0.25) is 0 Å². The van der Waals surface area contributed by atoms with Gasteiger partial charge in [0.1, 0.15) is 0 Å². The number of rotatable bonds is 7. The van der Waals surface area contributed by atoms with Gasteiger partial charge in [-0.15, -0.1) is 0 Å². The molecule has 80 valence electrons. The second kappa shape index (κ2) is 7.02. The highest BCUT2D eigenvalue weighted by molar-refractivity contribution is 7.07. The van der Waals surface area contributed by atoms with Gasteiger partial charge < -0.3 is 5.32 Å². The summed E-state index contributed by atoms with van der Waals surface area (Å²) in [5.41, 5.74) is 1.46. The van der Waals surface area contributed by atoms with Gasteiger partial charge in [-0.05, 0) is 48.7 Å². The molecule has 0 saturated carbocycles. The molecule has 0 fully saturated rings. The van der Waals surface area contributed by atoms with Crippen molar-refractivity contribution < 1.29 is 0 Å². The average molecular weight is 211 g/mol. The molecule has 0 aliphatic heterocycles. The highest BCUT2D eigenvalue weighted by Gasteiger charge is 1.99. The zero-order valence-corrected chi connectivity index (χ0v) is 10.1. The van der Waals surface area contributed by atoms with E-state index >= 15 is 0 Å². The number of hydrogen-bond donors (Lipinski definition) is 1. The van der Waals surface area contributed by atoms with E-state index in [0.717, 1.165) is 6.54 Å². The fourth-order valence-corrected chi connectivity index (χ4v) is 2.21. The van der Waals surface area contributed by atoms with Crippen molar-refractivity contribution in [3.63, 3.8) is 0 Å². The average Bonchev–Trinajstić information content (AvgIpc) is 2.67. The SMILES string of the molecule is CCCCC(C)NCCc1ccsc1. The smallest absolute Gasteiger partial charge is 0.00388 e.